The third-order valence-electron chi connectivity index (χ3n) is 2.90. The molecule has 1 unspecified atom stereocenters. The lowest BCUT2D eigenvalue weighted by Gasteiger charge is -2.17. The minimum absolute atomic E-state index is 0.205. The van der Waals surface area contributed by atoms with E-state index in [1.807, 2.05) is 6.92 Å². The van der Waals surface area contributed by atoms with Gasteiger partial charge in [0.1, 0.15) is 0 Å². The van der Waals surface area contributed by atoms with E-state index >= 15 is 0 Å². The molecular formula is C14H21N5OS. The van der Waals surface area contributed by atoms with Gasteiger partial charge in [-0.15, -0.1) is 11.3 Å². The number of ether oxygens (including phenoxy) is 1. The van der Waals surface area contributed by atoms with Crippen molar-refractivity contribution in [1.82, 2.24) is 15.0 Å². The van der Waals surface area contributed by atoms with Gasteiger partial charge in [0.2, 0.25) is 11.9 Å². The predicted octanol–water partition coefficient (Wildman–Crippen LogP) is 3.33. The van der Waals surface area contributed by atoms with E-state index in [9.17, 15) is 0 Å². The van der Waals surface area contributed by atoms with E-state index < -0.39 is 0 Å². The third-order valence-corrected chi connectivity index (χ3v) is 3.89. The van der Waals surface area contributed by atoms with Crippen molar-refractivity contribution in [1.29, 1.82) is 0 Å². The molecule has 2 aromatic rings. The number of nitrogens with zero attached hydrogens (tertiary/aromatic N) is 3. The lowest BCUT2D eigenvalue weighted by atomic mass is 10.1. The Balaban J connectivity index is 2.21. The minimum Gasteiger partial charge on any atom is -0.467 e. The monoisotopic (exact) mass is 307 g/mol. The lowest BCUT2D eigenvalue weighted by molar-refractivity contribution is 0.379. The van der Waals surface area contributed by atoms with Crippen LogP contribution in [0.5, 0.6) is 6.01 Å². The second-order valence-corrected chi connectivity index (χ2v) is 5.48. The first-order chi connectivity index (χ1) is 10.3. The average Bonchev–Trinajstić information content (AvgIpc) is 3.01. The number of rotatable bonds is 8. The van der Waals surface area contributed by atoms with Gasteiger partial charge in [0, 0.05) is 11.4 Å². The highest BCUT2D eigenvalue weighted by Crippen LogP contribution is 2.26. The van der Waals surface area contributed by atoms with Crippen molar-refractivity contribution in [2.45, 2.75) is 32.7 Å². The number of thiophene rings is 1. The van der Waals surface area contributed by atoms with Crippen LogP contribution in [0.25, 0.3) is 0 Å². The molecule has 2 aromatic heterocycles. The Morgan fingerprint density at radius 3 is 2.67 bits per heavy atom. The van der Waals surface area contributed by atoms with Gasteiger partial charge in [-0.2, -0.15) is 15.0 Å². The highest BCUT2D eigenvalue weighted by atomic mass is 32.1. The van der Waals surface area contributed by atoms with E-state index in [-0.39, 0.29) is 6.04 Å². The number of anilines is 2. The fraction of sp³-hybridized carbons (Fsp3) is 0.500. The quantitative estimate of drug-likeness (QED) is 0.779. The summed E-state index contributed by atoms with van der Waals surface area (Å²) in [5.41, 5.74) is 0. The molecule has 1 atom stereocenters. The Morgan fingerprint density at radius 1 is 1.24 bits per heavy atom. The molecule has 0 fully saturated rings. The van der Waals surface area contributed by atoms with Crippen molar-refractivity contribution in [3.63, 3.8) is 0 Å². The van der Waals surface area contributed by atoms with Crippen LogP contribution in [0.2, 0.25) is 0 Å². The molecule has 2 N–H and O–H groups in total. The van der Waals surface area contributed by atoms with Crippen LogP contribution in [0.15, 0.2) is 17.5 Å². The number of aromatic nitrogens is 3. The first-order valence-electron chi connectivity index (χ1n) is 7.10. The average molecular weight is 307 g/mol. The third kappa shape index (κ3) is 4.29. The molecule has 0 amide bonds. The summed E-state index contributed by atoms with van der Waals surface area (Å²) in [4.78, 5) is 14.1. The van der Waals surface area contributed by atoms with E-state index in [0.717, 1.165) is 19.4 Å². The molecule has 0 aliphatic rings. The summed E-state index contributed by atoms with van der Waals surface area (Å²) in [6.45, 7) is 4.91. The van der Waals surface area contributed by atoms with Gasteiger partial charge in [-0.3, -0.25) is 0 Å². The smallest absolute Gasteiger partial charge is 0.322 e. The Hall–Kier alpha value is -1.89. The fourth-order valence-electron chi connectivity index (χ4n) is 1.97. The molecule has 114 valence electrons. The second kappa shape index (κ2) is 7.78. The maximum Gasteiger partial charge on any atom is 0.322 e. The molecule has 0 spiro atoms. The largest absolute Gasteiger partial charge is 0.467 e. The van der Waals surface area contributed by atoms with Gasteiger partial charge < -0.3 is 15.4 Å². The van der Waals surface area contributed by atoms with E-state index in [4.69, 9.17) is 4.74 Å². The zero-order valence-corrected chi connectivity index (χ0v) is 13.4. The molecule has 0 saturated heterocycles. The second-order valence-electron chi connectivity index (χ2n) is 4.50. The minimum atomic E-state index is 0.205. The van der Waals surface area contributed by atoms with Crippen molar-refractivity contribution in [2.24, 2.45) is 0 Å². The highest BCUT2D eigenvalue weighted by molar-refractivity contribution is 7.10. The van der Waals surface area contributed by atoms with Crippen LogP contribution in [-0.4, -0.2) is 28.6 Å². The maximum absolute atomic E-state index is 5.13. The van der Waals surface area contributed by atoms with E-state index in [1.165, 1.54) is 4.88 Å². The van der Waals surface area contributed by atoms with Crippen molar-refractivity contribution < 1.29 is 4.74 Å². The number of hydrogen-bond donors (Lipinski definition) is 2. The molecule has 6 nitrogen and oxygen atoms in total. The fourth-order valence-corrected chi connectivity index (χ4v) is 2.78. The van der Waals surface area contributed by atoms with Gasteiger partial charge in [-0.1, -0.05) is 19.4 Å². The Bertz CT molecular complexity index is 546. The van der Waals surface area contributed by atoms with Crippen LogP contribution in [0.1, 0.15) is 37.6 Å². The summed E-state index contributed by atoms with van der Waals surface area (Å²) < 4.78 is 5.13. The Kier molecular flexibility index (Phi) is 5.74. The van der Waals surface area contributed by atoms with Crippen molar-refractivity contribution in [2.75, 3.05) is 24.3 Å². The molecule has 2 heterocycles. The molecule has 0 aliphatic heterocycles. The molecule has 0 aromatic carbocycles. The van der Waals surface area contributed by atoms with Crippen LogP contribution in [0.4, 0.5) is 11.9 Å². The Labute approximate surface area is 129 Å². The summed E-state index contributed by atoms with van der Waals surface area (Å²) in [5, 5.41) is 8.55. The van der Waals surface area contributed by atoms with Gasteiger partial charge in [-0.05, 0) is 24.8 Å². The van der Waals surface area contributed by atoms with E-state index in [1.54, 1.807) is 18.4 Å². The molecule has 21 heavy (non-hydrogen) atoms. The topological polar surface area (TPSA) is 72.0 Å². The maximum atomic E-state index is 5.13. The van der Waals surface area contributed by atoms with Gasteiger partial charge in [-0.25, -0.2) is 0 Å². The summed E-state index contributed by atoms with van der Waals surface area (Å²) >= 11 is 1.73. The highest BCUT2D eigenvalue weighted by Gasteiger charge is 2.14. The summed E-state index contributed by atoms with van der Waals surface area (Å²) in [6, 6.07) is 4.70. The van der Waals surface area contributed by atoms with Crippen LogP contribution in [-0.2, 0) is 0 Å². The molecule has 0 bridgehead atoms. The SMILES string of the molecule is CCCC(Nc1nc(NCC)nc(OC)n1)c1cccs1. The molecule has 7 heteroatoms. The molecular weight excluding hydrogens is 286 g/mol. The number of nitrogens with one attached hydrogen (secondary N) is 2. The summed E-state index contributed by atoms with van der Waals surface area (Å²) in [6.07, 6.45) is 2.10. The molecule has 0 aliphatic carbocycles. The molecule has 2 rings (SSSR count). The molecule has 0 radical (unpaired) electrons. The van der Waals surface area contributed by atoms with Gasteiger partial charge in [0.25, 0.3) is 0 Å². The standard InChI is InChI=1S/C14H21N5OS/c1-4-7-10(11-8-6-9-21-11)16-13-17-12(15-5-2)18-14(19-13)20-3/h6,8-10H,4-5,7H2,1-3H3,(H2,15,16,17,18,19). The van der Waals surface area contributed by atoms with Crippen molar-refractivity contribution in [3.8, 4) is 6.01 Å². The first kappa shape index (κ1) is 15.5. The molecule has 0 saturated carbocycles. The van der Waals surface area contributed by atoms with E-state index in [2.05, 4.69) is 50.0 Å². The first-order valence-corrected chi connectivity index (χ1v) is 7.98. The zero-order valence-electron chi connectivity index (χ0n) is 12.6. The van der Waals surface area contributed by atoms with Gasteiger partial charge >= 0.3 is 6.01 Å². The normalized spacial score (nSPS) is 12.0. The van der Waals surface area contributed by atoms with E-state index in [0.29, 0.717) is 17.9 Å². The summed E-state index contributed by atoms with van der Waals surface area (Å²) in [5.74, 6) is 1.05. The van der Waals surface area contributed by atoms with Gasteiger partial charge in [0.05, 0.1) is 13.2 Å². The summed E-state index contributed by atoms with van der Waals surface area (Å²) in [7, 11) is 1.55. The van der Waals surface area contributed by atoms with Crippen molar-refractivity contribution >= 4 is 23.2 Å². The Morgan fingerprint density at radius 2 is 2.05 bits per heavy atom. The van der Waals surface area contributed by atoms with Crippen LogP contribution < -0.4 is 15.4 Å². The van der Waals surface area contributed by atoms with Crippen LogP contribution in [0, 0.1) is 0 Å². The van der Waals surface area contributed by atoms with Crippen molar-refractivity contribution in [3.05, 3.63) is 22.4 Å². The van der Waals surface area contributed by atoms with Gasteiger partial charge in [0.15, 0.2) is 0 Å². The predicted molar refractivity (Wildman–Crippen MR) is 86.1 cm³/mol. The van der Waals surface area contributed by atoms with Crippen LogP contribution >= 0.6 is 11.3 Å². The number of methoxy groups -OCH3 is 1. The number of hydrogen-bond acceptors (Lipinski definition) is 7. The van der Waals surface area contributed by atoms with Crippen LogP contribution in [0.3, 0.4) is 0 Å². The lowest BCUT2D eigenvalue weighted by Crippen LogP contribution is -2.14. The zero-order chi connectivity index (χ0) is 15.1.